The minimum absolute atomic E-state index is 0.00979. The van der Waals surface area contributed by atoms with Crippen LogP contribution in [0.5, 0.6) is 5.75 Å². The molecule has 0 aliphatic carbocycles. The van der Waals surface area contributed by atoms with E-state index in [0.717, 1.165) is 22.4 Å². The predicted molar refractivity (Wildman–Crippen MR) is 82.6 cm³/mol. The van der Waals surface area contributed by atoms with Gasteiger partial charge < -0.3 is 10.5 Å². The molecular formula is C16H17NOS. The summed E-state index contributed by atoms with van der Waals surface area (Å²) in [4.78, 5) is 0.408. The summed E-state index contributed by atoms with van der Waals surface area (Å²) >= 11 is 4.97. The highest BCUT2D eigenvalue weighted by Crippen LogP contribution is 2.25. The Morgan fingerprint density at radius 3 is 2.42 bits per heavy atom. The third-order valence-electron chi connectivity index (χ3n) is 3.03. The van der Waals surface area contributed by atoms with Gasteiger partial charge in [0, 0.05) is 5.56 Å². The van der Waals surface area contributed by atoms with Crippen LogP contribution < -0.4 is 10.5 Å². The number of nitrogens with two attached hydrogens (primary N) is 1. The highest BCUT2D eigenvalue weighted by atomic mass is 32.1. The molecule has 98 valence electrons. The van der Waals surface area contributed by atoms with E-state index >= 15 is 0 Å². The van der Waals surface area contributed by atoms with Gasteiger partial charge in [0.2, 0.25) is 0 Å². The number of rotatable bonds is 4. The molecule has 0 saturated carbocycles. The lowest BCUT2D eigenvalue weighted by molar-refractivity contribution is 0.225. The van der Waals surface area contributed by atoms with E-state index < -0.39 is 0 Å². The molecule has 2 rings (SSSR count). The zero-order valence-electron chi connectivity index (χ0n) is 11.1. The molecule has 19 heavy (non-hydrogen) atoms. The maximum atomic E-state index is 5.98. The van der Waals surface area contributed by atoms with Crippen molar-refractivity contribution < 1.29 is 4.74 Å². The van der Waals surface area contributed by atoms with Crippen molar-refractivity contribution >= 4 is 17.2 Å². The zero-order valence-corrected chi connectivity index (χ0v) is 11.9. The van der Waals surface area contributed by atoms with Gasteiger partial charge in [-0.3, -0.25) is 0 Å². The SMILES string of the molecule is Cc1cc(C(N)=S)ccc1OC(C)c1ccccc1. The predicted octanol–water partition coefficient (Wildman–Crippen LogP) is 3.77. The van der Waals surface area contributed by atoms with Gasteiger partial charge in [-0.15, -0.1) is 0 Å². The quantitative estimate of drug-likeness (QED) is 0.860. The number of ether oxygens (including phenoxy) is 1. The van der Waals surface area contributed by atoms with Gasteiger partial charge in [0.15, 0.2) is 0 Å². The molecule has 0 spiro atoms. The fourth-order valence-electron chi connectivity index (χ4n) is 1.92. The fraction of sp³-hybridized carbons (Fsp3) is 0.188. The maximum absolute atomic E-state index is 5.98. The number of hydrogen-bond donors (Lipinski definition) is 1. The monoisotopic (exact) mass is 271 g/mol. The first-order valence-electron chi connectivity index (χ1n) is 6.20. The van der Waals surface area contributed by atoms with Crippen molar-refractivity contribution in [1.82, 2.24) is 0 Å². The molecule has 0 radical (unpaired) electrons. The zero-order chi connectivity index (χ0) is 13.8. The third kappa shape index (κ3) is 3.32. The van der Waals surface area contributed by atoms with E-state index in [4.69, 9.17) is 22.7 Å². The summed E-state index contributed by atoms with van der Waals surface area (Å²) in [6, 6.07) is 15.9. The number of thiocarbonyl (C=S) groups is 1. The molecule has 0 fully saturated rings. The minimum atomic E-state index is 0.00979. The first-order chi connectivity index (χ1) is 9.08. The van der Waals surface area contributed by atoms with Gasteiger partial charge in [-0.05, 0) is 43.2 Å². The lowest BCUT2D eigenvalue weighted by atomic mass is 10.1. The summed E-state index contributed by atoms with van der Waals surface area (Å²) in [7, 11) is 0. The molecule has 0 aliphatic heterocycles. The Kier molecular flexibility index (Phi) is 4.17. The summed E-state index contributed by atoms with van der Waals surface area (Å²) in [5, 5.41) is 0. The molecule has 1 unspecified atom stereocenters. The first kappa shape index (κ1) is 13.6. The largest absolute Gasteiger partial charge is 0.486 e. The summed E-state index contributed by atoms with van der Waals surface area (Å²) in [5.41, 5.74) is 8.67. The van der Waals surface area contributed by atoms with Gasteiger partial charge in [-0.2, -0.15) is 0 Å². The second-order valence-corrected chi connectivity index (χ2v) is 4.96. The molecule has 0 heterocycles. The Hall–Kier alpha value is -1.87. The Bertz CT molecular complexity index is 581. The average Bonchev–Trinajstić information content (AvgIpc) is 2.41. The van der Waals surface area contributed by atoms with Crippen LogP contribution in [-0.2, 0) is 0 Å². The molecular weight excluding hydrogens is 254 g/mol. The second-order valence-electron chi connectivity index (χ2n) is 4.52. The van der Waals surface area contributed by atoms with Crippen molar-refractivity contribution in [2.45, 2.75) is 20.0 Å². The van der Waals surface area contributed by atoms with Crippen LogP contribution in [0, 0.1) is 6.92 Å². The van der Waals surface area contributed by atoms with Crippen molar-refractivity contribution in [3.63, 3.8) is 0 Å². The molecule has 0 bridgehead atoms. The van der Waals surface area contributed by atoms with Crippen LogP contribution in [0.1, 0.15) is 29.7 Å². The standard InChI is InChI=1S/C16H17NOS/c1-11-10-14(16(17)19)8-9-15(11)18-12(2)13-6-4-3-5-7-13/h3-10,12H,1-2H3,(H2,17,19). The molecule has 0 saturated heterocycles. The van der Waals surface area contributed by atoms with Crippen LogP contribution in [0.4, 0.5) is 0 Å². The van der Waals surface area contributed by atoms with Gasteiger partial charge in [0.25, 0.3) is 0 Å². The van der Waals surface area contributed by atoms with Crippen LogP contribution >= 0.6 is 12.2 Å². The van der Waals surface area contributed by atoms with Crippen LogP contribution in [0.2, 0.25) is 0 Å². The van der Waals surface area contributed by atoms with E-state index in [1.165, 1.54) is 0 Å². The average molecular weight is 271 g/mol. The Labute approximate surface area is 119 Å². The topological polar surface area (TPSA) is 35.2 Å². The molecule has 0 aromatic heterocycles. The van der Waals surface area contributed by atoms with E-state index in [9.17, 15) is 0 Å². The lowest BCUT2D eigenvalue weighted by Crippen LogP contribution is -2.10. The van der Waals surface area contributed by atoms with Crippen LogP contribution in [0.25, 0.3) is 0 Å². The molecule has 1 atom stereocenters. The molecule has 0 aliphatic rings. The van der Waals surface area contributed by atoms with Gasteiger partial charge in [-0.1, -0.05) is 42.5 Å². The number of hydrogen-bond acceptors (Lipinski definition) is 2. The smallest absolute Gasteiger partial charge is 0.123 e. The van der Waals surface area contributed by atoms with E-state index in [0.29, 0.717) is 4.99 Å². The molecule has 2 nitrogen and oxygen atoms in total. The summed E-state index contributed by atoms with van der Waals surface area (Å²) in [6.07, 6.45) is 0.00979. The van der Waals surface area contributed by atoms with Gasteiger partial charge in [-0.25, -0.2) is 0 Å². The van der Waals surface area contributed by atoms with Crippen LogP contribution in [0.15, 0.2) is 48.5 Å². The van der Waals surface area contributed by atoms with Crippen LogP contribution in [-0.4, -0.2) is 4.99 Å². The molecule has 2 aromatic rings. The van der Waals surface area contributed by atoms with Crippen molar-refractivity contribution in [2.75, 3.05) is 0 Å². The van der Waals surface area contributed by atoms with E-state index in [1.54, 1.807) is 0 Å². The molecule has 2 aromatic carbocycles. The normalized spacial score (nSPS) is 11.9. The van der Waals surface area contributed by atoms with Gasteiger partial charge in [0.1, 0.15) is 16.8 Å². The fourth-order valence-corrected chi connectivity index (χ4v) is 2.04. The van der Waals surface area contributed by atoms with Crippen molar-refractivity contribution in [1.29, 1.82) is 0 Å². The summed E-state index contributed by atoms with van der Waals surface area (Å²) in [6.45, 7) is 4.03. The summed E-state index contributed by atoms with van der Waals surface area (Å²) in [5.74, 6) is 0.858. The number of benzene rings is 2. The second kappa shape index (κ2) is 5.85. The maximum Gasteiger partial charge on any atom is 0.123 e. The van der Waals surface area contributed by atoms with Crippen molar-refractivity contribution in [3.8, 4) is 5.75 Å². The van der Waals surface area contributed by atoms with Gasteiger partial charge in [0.05, 0.1) is 0 Å². The Balaban J connectivity index is 2.18. The van der Waals surface area contributed by atoms with E-state index in [2.05, 4.69) is 12.1 Å². The molecule has 3 heteroatoms. The van der Waals surface area contributed by atoms with E-state index in [1.807, 2.05) is 50.2 Å². The number of aryl methyl sites for hydroxylation is 1. The molecule has 2 N–H and O–H groups in total. The Morgan fingerprint density at radius 2 is 1.84 bits per heavy atom. The first-order valence-corrected chi connectivity index (χ1v) is 6.61. The van der Waals surface area contributed by atoms with Crippen molar-refractivity contribution in [3.05, 3.63) is 65.2 Å². The van der Waals surface area contributed by atoms with Crippen molar-refractivity contribution in [2.24, 2.45) is 5.73 Å². The van der Waals surface area contributed by atoms with Crippen LogP contribution in [0.3, 0.4) is 0 Å². The minimum Gasteiger partial charge on any atom is -0.486 e. The highest BCUT2D eigenvalue weighted by Gasteiger charge is 2.09. The molecule has 0 amide bonds. The third-order valence-corrected chi connectivity index (χ3v) is 3.27. The lowest BCUT2D eigenvalue weighted by Gasteiger charge is -2.17. The van der Waals surface area contributed by atoms with Gasteiger partial charge >= 0.3 is 0 Å². The summed E-state index contributed by atoms with van der Waals surface area (Å²) < 4.78 is 5.98. The Morgan fingerprint density at radius 1 is 1.16 bits per heavy atom. The highest BCUT2D eigenvalue weighted by molar-refractivity contribution is 7.80. The van der Waals surface area contributed by atoms with E-state index in [-0.39, 0.29) is 6.10 Å².